The van der Waals surface area contributed by atoms with E-state index in [4.69, 9.17) is 5.26 Å². The summed E-state index contributed by atoms with van der Waals surface area (Å²) in [5.74, 6) is 4.85. The van der Waals surface area contributed by atoms with E-state index < -0.39 is 5.97 Å². The molecule has 0 N–H and O–H groups in total. The maximum Gasteiger partial charge on any atom is 0.339 e. The fourth-order valence-electron chi connectivity index (χ4n) is 0.961. The number of hydrogen-bond donors (Lipinski definition) is 0. The third-order valence-electron chi connectivity index (χ3n) is 1.62. The molecule has 0 aliphatic carbocycles. The molecule has 1 heterocycles. The molecule has 74 valence electrons. The Morgan fingerprint density at radius 2 is 2.47 bits per heavy atom. The molecule has 4 heteroatoms. The molecule has 0 radical (unpaired) electrons. The molecule has 0 unspecified atom stereocenters. The Kier molecular flexibility index (Phi) is 3.88. The van der Waals surface area contributed by atoms with Gasteiger partial charge in [-0.05, 0) is 6.07 Å². The minimum Gasteiger partial charge on any atom is -0.465 e. The van der Waals surface area contributed by atoms with Crippen molar-refractivity contribution in [3.8, 4) is 17.9 Å². The minimum atomic E-state index is -0.460. The van der Waals surface area contributed by atoms with Crippen LogP contribution in [0.1, 0.15) is 22.3 Å². The summed E-state index contributed by atoms with van der Waals surface area (Å²) in [6, 6.07) is 3.42. The van der Waals surface area contributed by atoms with Gasteiger partial charge in [0.05, 0.1) is 30.7 Å². The Balaban J connectivity index is 3.04. The molecular formula is C11H8N2O2. The number of nitriles is 1. The Morgan fingerprint density at radius 3 is 3.13 bits per heavy atom. The van der Waals surface area contributed by atoms with E-state index in [9.17, 15) is 4.79 Å². The van der Waals surface area contributed by atoms with Gasteiger partial charge in [0.25, 0.3) is 0 Å². The predicted octanol–water partition coefficient (Wildman–Crippen LogP) is 1.13. The van der Waals surface area contributed by atoms with Crippen molar-refractivity contribution in [2.45, 2.75) is 6.42 Å². The van der Waals surface area contributed by atoms with Crippen LogP contribution in [0.15, 0.2) is 18.5 Å². The SMILES string of the molecule is COC(=O)c1ccncc1C#CCC#N. The molecular weight excluding hydrogens is 192 g/mol. The summed E-state index contributed by atoms with van der Waals surface area (Å²) in [4.78, 5) is 15.1. The largest absolute Gasteiger partial charge is 0.465 e. The molecule has 0 bridgehead atoms. The fourth-order valence-corrected chi connectivity index (χ4v) is 0.961. The van der Waals surface area contributed by atoms with Crippen LogP contribution in [0.2, 0.25) is 0 Å². The van der Waals surface area contributed by atoms with Crippen molar-refractivity contribution in [1.82, 2.24) is 4.98 Å². The Morgan fingerprint density at radius 1 is 1.67 bits per heavy atom. The molecule has 15 heavy (non-hydrogen) atoms. The van der Waals surface area contributed by atoms with E-state index in [1.165, 1.54) is 25.6 Å². The van der Waals surface area contributed by atoms with Gasteiger partial charge in [-0.3, -0.25) is 4.98 Å². The first kappa shape index (κ1) is 10.7. The summed E-state index contributed by atoms with van der Waals surface area (Å²) in [6.45, 7) is 0. The summed E-state index contributed by atoms with van der Waals surface area (Å²) >= 11 is 0. The number of aromatic nitrogens is 1. The Bertz CT molecular complexity index is 463. The van der Waals surface area contributed by atoms with E-state index in [0.29, 0.717) is 11.1 Å². The molecule has 4 nitrogen and oxygen atoms in total. The molecule has 0 spiro atoms. The van der Waals surface area contributed by atoms with Crippen LogP contribution in [-0.2, 0) is 4.74 Å². The highest BCUT2D eigenvalue weighted by Gasteiger charge is 2.09. The lowest BCUT2D eigenvalue weighted by atomic mass is 10.1. The summed E-state index contributed by atoms with van der Waals surface area (Å²) < 4.78 is 4.58. The van der Waals surface area contributed by atoms with Gasteiger partial charge in [-0.1, -0.05) is 11.8 Å². The lowest BCUT2D eigenvalue weighted by Gasteiger charge is -2.00. The van der Waals surface area contributed by atoms with E-state index in [0.717, 1.165) is 0 Å². The maximum atomic E-state index is 11.3. The molecule has 0 aromatic carbocycles. The summed E-state index contributed by atoms with van der Waals surface area (Å²) in [5, 5.41) is 8.31. The Labute approximate surface area is 87.5 Å². The second-order valence-electron chi connectivity index (χ2n) is 2.55. The number of methoxy groups -OCH3 is 1. The first-order valence-electron chi connectivity index (χ1n) is 4.17. The van der Waals surface area contributed by atoms with E-state index in [1.54, 1.807) is 0 Å². The highest BCUT2D eigenvalue weighted by molar-refractivity contribution is 5.92. The summed E-state index contributed by atoms with van der Waals surface area (Å²) in [7, 11) is 1.30. The second kappa shape index (κ2) is 5.41. The van der Waals surface area contributed by atoms with Crippen molar-refractivity contribution >= 4 is 5.97 Å². The van der Waals surface area contributed by atoms with Gasteiger partial charge in [0.1, 0.15) is 0 Å². The van der Waals surface area contributed by atoms with Crippen molar-refractivity contribution in [2.75, 3.05) is 7.11 Å². The van der Waals surface area contributed by atoms with Gasteiger partial charge in [-0.2, -0.15) is 5.26 Å². The number of rotatable bonds is 1. The van der Waals surface area contributed by atoms with Crippen LogP contribution in [0.5, 0.6) is 0 Å². The monoisotopic (exact) mass is 200 g/mol. The highest BCUT2D eigenvalue weighted by Crippen LogP contribution is 2.06. The van der Waals surface area contributed by atoms with Crippen molar-refractivity contribution in [3.63, 3.8) is 0 Å². The average Bonchev–Trinajstić information content (AvgIpc) is 2.29. The molecule has 0 saturated heterocycles. The molecule has 0 amide bonds. The number of hydrogen-bond acceptors (Lipinski definition) is 4. The van der Waals surface area contributed by atoms with Gasteiger partial charge in [-0.25, -0.2) is 4.79 Å². The van der Waals surface area contributed by atoms with E-state index >= 15 is 0 Å². The minimum absolute atomic E-state index is 0.121. The number of ether oxygens (including phenoxy) is 1. The molecule has 0 atom stereocenters. The van der Waals surface area contributed by atoms with Crippen LogP contribution >= 0.6 is 0 Å². The number of carbonyl (C=O) groups is 1. The first-order chi connectivity index (χ1) is 7.29. The van der Waals surface area contributed by atoms with Crippen LogP contribution in [0, 0.1) is 23.2 Å². The van der Waals surface area contributed by atoms with E-state index in [2.05, 4.69) is 21.6 Å². The van der Waals surface area contributed by atoms with Gasteiger partial charge >= 0.3 is 5.97 Å². The summed E-state index contributed by atoms with van der Waals surface area (Å²) in [5.41, 5.74) is 0.831. The third-order valence-corrected chi connectivity index (χ3v) is 1.62. The van der Waals surface area contributed by atoms with Gasteiger partial charge in [0.15, 0.2) is 0 Å². The molecule has 0 aliphatic rings. The second-order valence-corrected chi connectivity index (χ2v) is 2.55. The normalized spacial score (nSPS) is 8.27. The van der Waals surface area contributed by atoms with Gasteiger partial charge < -0.3 is 4.74 Å². The van der Waals surface area contributed by atoms with Crippen LogP contribution in [0.4, 0.5) is 0 Å². The molecule has 0 fully saturated rings. The lowest BCUT2D eigenvalue weighted by molar-refractivity contribution is 0.0600. The summed E-state index contributed by atoms with van der Waals surface area (Å²) in [6.07, 6.45) is 3.08. The number of esters is 1. The standard InChI is InChI=1S/C11H8N2O2/c1-15-11(14)10-5-7-13-8-9(10)4-2-3-6-12/h5,7-8H,3H2,1H3. The third kappa shape index (κ3) is 2.82. The number of nitrogens with zero attached hydrogens (tertiary/aromatic N) is 2. The van der Waals surface area contributed by atoms with Crippen LogP contribution in [0.25, 0.3) is 0 Å². The van der Waals surface area contributed by atoms with Crippen molar-refractivity contribution in [2.24, 2.45) is 0 Å². The highest BCUT2D eigenvalue weighted by atomic mass is 16.5. The number of carbonyl (C=O) groups excluding carboxylic acids is 1. The zero-order valence-corrected chi connectivity index (χ0v) is 8.15. The predicted molar refractivity (Wildman–Crippen MR) is 52.7 cm³/mol. The topological polar surface area (TPSA) is 63.0 Å². The Hall–Kier alpha value is -2.33. The molecule has 0 aliphatic heterocycles. The fraction of sp³-hybridized carbons (Fsp3) is 0.182. The zero-order chi connectivity index (χ0) is 11.1. The molecule has 1 aromatic heterocycles. The van der Waals surface area contributed by atoms with Gasteiger partial charge in [0.2, 0.25) is 0 Å². The van der Waals surface area contributed by atoms with Crippen molar-refractivity contribution < 1.29 is 9.53 Å². The quantitative estimate of drug-likeness (QED) is 0.503. The van der Waals surface area contributed by atoms with Crippen molar-refractivity contribution in [3.05, 3.63) is 29.6 Å². The number of pyridine rings is 1. The van der Waals surface area contributed by atoms with E-state index in [1.807, 2.05) is 6.07 Å². The lowest BCUT2D eigenvalue weighted by Crippen LogP contribution is -2.04. The van der Waals surface area contributed by atoms with Gasteiger partial charge in [0, 0.05) is 12.4 Å². The molecule has 0 saturated carbocycles. The maximum absolute atomic E-state index is 11.3. The zero-order valence-electron chi connectivity index (χ0n) is 8.15. The van der Waals surface area contributed by atoms with Crippen LogP contribution in [-0.4, -0.2) is 18.1 Å². The van der Waals surface area contributed by atoms with Crippen LogP contribution in [0.3, 0.4) is 0 Å². The molecule has 1 aromatic rings. The van der Waals surface area contributed by atoms with Crippen LogP contribution < -0.4 is 0 Å². The first-order valence-corrected chi connectivity index (χ1v) is 4.17. The molecule has 1 rings (SSSR count). The van der Waals surface area contributed by atoms with Gasteiger partial charge in [-0.15, -0.1) is 0 Å². The average molecular weight is 200 g/mol. The van der Waals surface area contributed by atoms with Crippen molar-refractivity contribution in [1.29, 1.82) is 5.26 Å². The van der Waals surface area contributed by atoms with E-state index in [-0.39, 0.29) is 6.42 Å². The smallest absolute Gasteiger partial charge is 0.339 e.